The molecule has 0 aliphatic heterocycles. The Labute approximate surface area is 153 Å². The summed E-state index contributed by atoms with van der Waals surface area (Å²) in [6, 6.07) is 11.2. The van der Waals surface area contributed by atoms with E-state index in [0.717, 1.165) is 24.3 Å². The van der Waals surface area contributed by atoms with Gasteiger partial charge >= 0.3 is 6.18 Å². The molecule has 0 fully saturated rings. The first-order valence-electron chi connectivity index (χ1n) is 7.26. The Balaban J connectivity index is 2.03. The second-order valence-electron chi connectivity index (χ2n) is 5.28. The van der Waals surface area contributed by atoms with Crippen LogP contribution in [0.3, 0.4) is 0 Å². The molecule has 2 aromatic carbocycles. The number of alkyl halides is 3. The largest absolute Gasteiger partial charge is 0.405 e. The second-order valence-corrected chi connectivity index (χ2v) is 7.48. The summed E-state index contributed by atoms with van der Waals surface area (Å²) < 4.78 is 63.1. The Hall–Kier alpha value is -2.10. The molecule has 0 unspecified atom stereocenters. The van der Waals surface area contributed by atoms with E-state index in [1.54, 1.807) is 29.6 Å². The van der Waals surface area contributed by atoms with Crippen LogP contribution in [0.2, 0.25) is 5.02 Å². The van der Waals surface area contributed by atoms with Crippen LogP contribution in [-0.4, -0.2) is 27.0 Å². The number of hydrogen-bond acceptors (Lipinski definition) is 3. The van der Waals surface area contributed by atoms with Crippen LogP contribution in [0.5, 0.6) is 0 Å². The van der Waals surface area contributed by atoms with Crippen molar-refractivity contribution in [2.45, 2.75) is 17.6 Å². The Bertz CT molecular complexity index is 884. The highest BCUT2D eigenvalue weighted by Gasteiger charge is 2.28. The van der Waals surface area contributed by atoms with Gasteiger partial charge in [0.1, 0.15) is 6.54 Å². The van der Waals surface area contributed by atoms with E-state index in [9.17, 15) is 26.4 Å². The zero-order valence-corrected chi connectivity index (χ0v) is 14.8. The summed E-state index contributed by atoms with van der Waals surface area (Å²) in [5.41, 5.74) is 0.576. The molecule has 0 saturated carbocycles. The number of carbonyl (C=O) groups is 1. The number of sulfonamides is 1. The third-order valence-electron chi connectivity index (χ3n) is 3.23. The minimum Gasteiger partial charge on any atom is -0.343 e. The normalized spacial score (nSPS) is 12.0. The lowest BCUT2D eigenvalue weighted by atomic mass is 10.2. The molecule has 0 saturated heterocycles. The summed E-state index contributed by atoms with van der Waals surface area (Å²) in [5, 5.41) is 2.18. The van der Waals surface area contributed by atoms with E-state index in [1.807, 2.05) is 0 Å². The lowest BCUT2D eigenvalue weighted by molar-refractivity contribution is -0.123. The molecule has 10 heteroatoms. The molecule has 0 radical (unpaired) electrons. The van der Waals surface area contributed by atoms with Crippen molar-refractivity contribution in [3.8, 4) is 0 Å². The van der Waals surface area contributed by atoms with Crippen LogP contribution in [0, 0.1) is 0 Å². The van der Waals surface area contributed by atoms with E-state index in [0.29, 0.717) is 10.6 Å². The predicted octanol–water partition coefficient (Wildman–Crippen LogP) is 3.11. The van der Waals surface area contributed by atoms with Gasteiger partial charge in [-0.25, -0.2) is 13.1 Å². The van der Waals surface area contributed by atoms with Crippen molar-refractivity contribution in [2.24, 2.45) is 0 Å². The van der Waals surface area contributed by atoms with Gasteiger partial charge in [-0.1, -0.05) is 23.7 Å². The molecule has 2 N–H and O–H groups in total. The van der Waals surface area contributed by atoms with Crippen molar-refractivity contribution in [2.75, 3.05) is 6.54 Å². The summed E-state index contributed by atoms with van der Waals surface area (Å²) in [4.78, 5) is 11.5. The number of rotatable bonds is 6. The molecule has 2 aromatic rings. The van der Waals surface area contributed by atoms with Crippen LogP contribution in [0.4, 0.5) is 13.2 Å². The van der Waals surface area contributed by atoms with Gasteiger partial charge < -0.3 is 5.32 Å². The summed E-state index contributed by atoms with van der Waals surface area (Å²) in [6.45, 7) is -1.45. The Morgan fingerprint density at radius 1 is 1.08 bits per heavy atom. The number of benzene rings is 2. The lowest BCUT2D eigenvalue weighted by Crippen LogP contribution is -2.33. The predicted molar refractivity (Wildman–Crippen MR) is 90.3 cm³/mol. The molecule has 1 amide bonds. The van der Waals surface area contributed by atoms with E-state index < -0.39 is 28.7 Å². The third kappa shape index (κ3) is 6.01. The van der Waals surface area contributed by atoms with E-state index in [2.05, 4.69) is 4.72 Å². The average Bonchev–Trinajstić information content (AvgIpc) is 2.57. The first-order valence-corrected chi connectivity index (χ1v) is 9.12. The van der Waals surface area contributed by atoms with E-state index in [-0.39, 0.29) is 17.0 Å². The molecular formula is C16H14ClF3N2O3S. The van der Waals surface area contributed by atoms with Crippen LogP contribution in [0.1, 0.15) is 15.9 Å². The number of amides is 1. The van der Waals surface area contributed by atoms with E-state index in [4.69, 9.17) is 11.6 Å². The van der Waals surface area contributed by atoms with Gasteiger partial charge in [0.15, 0.2) is 0 Å². The summed E-state index contributed by atoms with van der Waals surface area (Å²) in [5.74, 6) is -0.946. The molecule has 0 aromatic heterocycles. The van der Waals surface area contributed by atoms with Gasteiger partial charge in [0.25, 0.3) is 5.91 Å². The van der Waals surface area contributed by atoms with E-state index >= 15 is 0 Å². The lowest BCUT2D eigenvalue weighted by Gasteiger charge is -2.10. The molecule has 26 heavy (non-hydrogen) atoms. The standard InChI is InChI=1S/C16H14ClF3N2O3S/c17-13-3-1-2-11(8-13)9-22-26(24,25)14-6-4-12(5-7-14)15(23)21-10-16(18,19)20/h1-8,22H,9-10H2,(H,21,23). The number of carbonyl (C=O) groups excluding carboxylic acids is 1. The number of hydrogen-bond donors (Lipinski definition) is 2. The second kappa shape index (κ2) is 8.07. The van der Waals surface area contributed by atoms with Crippen molar-refractivity contribution >= 4 is 27.5 Å². The zero-order chi connectivity index (χ0) is 19.4. The molecule has 0 heterocycles. The average molecular weight is 407 g/mol. The maximum atomic E-state index is 12.2. The van der Waals surface area contributed by atoms with Crippen molar-refractivity contribution in [1.82, 2.24) is 10.0 Å². The van der Waals surface area contributed by atoms with Crippen LogP contribution >= 0.6 is 11.6 Å². The SMILES string of the molecule is O=C(NCC(F)(F)F)c1ccc(S(=O)(=O)NCc2cccc(Cl)c2)cc1. The van der Waals surface area contributed by atoms with Crippen molar-refractivity contribution < 1.29 is 26.4 Å². The van der Waals surface area contributed by atoms with E-state index in [1.165, 1.54) is 0 Å². The van der Waals surface area contributed by atoms with Crippen LogP contribution in [-0.2, 0) is 16.6 Å². The van der Waals surface area contributed by atoms with Gasteiger partial charge in [-0.05, 0) is 42.0 Å². The van der Waals surface area contributed by atoms with Gasteiger partial charge in [-0.15, -0.1) is 0 Å². The van der Waals surface area contributed by atoms with Crippen LogP contribution in [0.15, 0.2) is 53.4 Å². The minimum atomic E-state index is -4.52. The third-order valence-corrected chi connectivity index (χ3v) is 4.88. The monoisotopic (exact) mass is 406 g/mol. The molecule has 0 aliphatic carbocycles. The highest BCUT2D eigenvalue weighted by molar-refractivity contribution is 7.89. The number of halogens is 4. The first kappa shape index (κ1) is 20.2. The summed E-state index contributed by atoms with van der Waals surface area (Å²) in [6.07, 6.45) is -4.52. The van der Waals surface area contributed by atoms with Gasteiger partial charge in [-0.3, -0.25) is 4.79 Å². The molecule has 0 atom stereocenters. The smallest absolute Gasteiger partial charge is 0.343 e. The first-order chi connectivity index (χ1) is 12.1. The fourth-order valence-corrected chi connectivity index (χ4v) is 3.21. The fourth-order valence-electron chi connectivity index (χ4n) is 1.98. The molecule has 140 valence electrons. The van der Waals surface area contributed by atoms with Gasteiger partial charge in [-0.2, -0.15) is 13.2 Å². The zero-order valence-electron chi connectivity index (χ0n) is 13.2. The highest BCUT2D eigenvalue weighted by atomic mass is 35.5. The molecule has 5 nitrogen and oxygen atoms in total. The van der Waals surface area contributed by atoms with Crippen LogP contribution in [0.25, 0.3) is 0 Å². The Kier molecular flexibility index (Phi) is 6.27. The minimum absolute atomic E-state index is 0.0106. The maximum Gasteiger partial charge on any atom is 0.405 e. The van der Waals surface area contributed by atoms with Gasteiger partial charge in [0, 0.05) is 17.1 Å². The maximum absolute atomic E-state index is 12.2. The van der Waals surface area contributed by atoms with Crippen molar-refractivity contribution in [3.05, 3.63) is 64.7 Å². The van der Waals surface area contributed by atoms with Gasteiger partial charge in [0.05, 0.1) is 4.90 Å². The summed E-state index contributed by atoms with van der Waals surface area (Å²) >= 11 is 5.83. The van der Waals surface area contributed by atoms with Gasteiger partial charge in [0.2, 0.25) is 10.0 Å². The summed E-state index contributed by atoms with van der Waals surface area (Å²) in [7, 11) is -3.85. The molecule has 0 aliphatic rings. The molecule has 2 rings (SSSR count). The van der Waals surface area contributed by atoms with Crippen molar-refractivity contribution in [1.29, 1.82) is 0 Å². The topological polar surface area (TPSA) is 75.3 Å². The Morgan fingerprint density at radius 3 is 2.31 bits per heavy atom. The molecule has 0 spiro atoms. The number of nitrogens with one attached hydrogen (secondary N) is 2. The molecular weight excluding hydrogens is 393 g/mol. The molecule has 0 bridgehead atoms. The van der Waals surface area contributed by atoms with Crippen molar-refractivity contribution in [3.63, 3.8) is 0 Å². The fraction of sp³-hybridized carbons (Fsp3) is 0.188. The highest BCUT2D eigenvalue weighted by Crippen LogP contribution is 2.15. The quantitative estimate of drug-likeness (QED) is 0.774. The van der Waals surface area contributed by atoms with Crippen LogP contribution < -0.4 is 10.0 Å². The Morgan fingerprint density at radius 2 is 1.73 bits per heavy atom.